The fourth-order valence-electron chi connectivity index (χ4n) is 8.74. The molecule has 8 atom stereocenters. The van der Waals surface area contributed by atoms with Crippen molar-refractivity contribution in [1.82, 2.24) is 0 Å². The van der Waals surface area contributed by atoms with Crippen molar-refractivity contribution in [3.63, 3.8) is 0 Å². The molecule has 3 heteroatoms. The third-order valence-corrected chi connectivity index (χ3v) is 10.9. The zero-order valence-electron chi connectivity index (χ0n) is 21.8. The minimum absolute atomic E-state index is 0.0246. The quantitative estimate of drug-likeness (QED) is 0.144. The smallest absolute Gasteiger partial charge is 0.324 e. The van der Waals surface area contributed by atoms with Gasteiger partial charge in [-0.25, -0.2) is 0 Å². The van der Waals surface area contributed by atoms with Gasteiger partial charge in [0.05, 0.1) is 0 Å². The summed E-state index contributed by atoms with van der Waals surface area (Å²) in [6, 6.07) is 0. The van der Waals surface area contributed by atoms with Crippen molar-refractivity contribution in [3.8, 4) is 0 Å². The molecule has 0 saturated heterocycles. The van der Waals surface area contributed by atoms with Gasteiger partial charge in [0, 0.05) is 6.42 Å². The first kappa shape index (κ1) is 25.6. The van der Waals surface area contributed by atoms with Gasteiger partial charge < -0.3 is 4.74 Å². The van der Waals surface area contributed by atoms with Crippen molar-refractivity contribution >= 4 is 17.6 Å². The van der Waals surface area contributed by atoms with E-state index in [0.29, 0.717) is 10.8 Å². The summed E-state index contributed by atoms with van der Waals surface area (Å²) in [5.41, 5.74) is 2.48. The normalized spacial score (nSPS) is 40.9. The van der Waals surface area contributed by atoms with Gasteiger partial charge in [0.2, 0.25) is 0 Å². The van der Waals surface area contributed by atoms with E-state index in [0.717, 1.165) is 36.5 Å². The Bertz CT molecular complexity index is 714. The molecule has 0 radical (unpaired) electrons. The Labute approximate surface area is 208 Å². The first-order chi connectivity index (χ1) is 15.8. The number of fused-ring (bicyclic) bond motifs is 5. The van der Waals surface area contributed by atoms with Gasteiger partial charge in [0.25, 0.3) is 0 Å². The summed E-state index contributed by atoms with van der Waals surface area (Å²) in [7, 11) is 0. The number of carbonyl (C=O) groups is 1. The number of allylic oxidation sites excluding steroid dienone is 1. The van der Waals surface area contributed by atoms with E-state index in [1.807, 2.05) is 0 Å². The molecule has 33 heavy (non-hydrogen) atoms. The van der Waals surface area contributed by atoms with Gasteiger partial charge in [-0.05, 0) is 92.8 Å². The van der Waals surface area contributed by atoms with Crippen LogP contribution in [0.2, 0.25) is 0 Å². The minimum atomic E-state index is -0.550. The maximum Gasteiger partial charge on any atom is 0.324 e. The van der Waals surface area contributed by atoms with E-state index in [4.69, 9.17) is 16.3 Å². The lowest BCUT2D eigenvalue weighted by atomic mass is 9.47. The fourth-order valence-corrected chi connectivity index (χ4v) is 8.79. The van der Waals surface area contributed by atoms with E-state index < -0.39 is 5.38 Å². The van der Waals surface area contributed by atoms with E-state index in [1.165, 1.54) is 83.5 Å². The van der Waals surface area contributed by atoms with Crippen LogP contribution in [-0.4, -0.2) is 17.5 Å². The van der Waals surface area contributed by atoms with E-state index in [9.17, 15) is 4.79 Å². The Hall–Kier alpha value is -0.500. The summed E-state index contributed by atoms with van der Waals surface area (Å²) < 4.78 is 5.74. The predicted octanol–water partition coefficient (Wildman–Crippen LogP) is 8.86. The monoisotopic (exact) mass is 476 g/mol. The standard InChI is InChI=1S/C30H49ClO2/c1-5-6-7-8-9-10-11-22-13-15-26-25-14-12-23-20-24(33-28(32)21(2)31)16-18-30(23,4)27(25)17-19-29(22,26)3/h12,21-22,24-27H,5-11,13-20H2,1-4H3/t21?,22?,24-,25?,26?,27?,29+,30-/m0/s1. The van der Waals surface area contributed by atoms with Crippen LogP contribution in [0.25, 0.3) is 0 Å². The lowest BCUT2D eigenvalue weighted by molar-refractivity contribution is -0.150. The molecule has 2 nitrogen and oxygen atoms in total. The van der Waals surface area contributed by atoms with Crippen LogP contribution in [-0.2, 0) is 9.53 Å². The molecule has 0 aliphatic heterocycles. The van der Waals surface area contributed by atoms with Crippen molar-refractivity contribution in [3.05, 3.63) is 11.6 Å². The summed E-state index contributed by atoms with van der Waals surface area (Å²) in [6.45, 7) is 9.24. The number of esters is 1. The zero-order chi connectivity index (χ0) is 23.6. The van der Waals surface area contributed by atoms with Crippen LogP contribution >= 0.6 is 11.6 Å². The highest BCUT2D eigenvalue weighted by Crippen LogP contribution is 2.66. The Morgan fingerprint density at radius 3 is 2.58 bits per heavy atom. The summed E-state index contributed by atoms with van der Waals surface area (Å²) in [5.74, 6) is 3.32. The van der Waals surface area contributed by atoms with E-state index in [1.54, 1.807) is 12.5 Å². The average Bonchev–Trinajstić information content (AvgIpc) is 3.12. The molecule has 188 valence electrons. The largest absolute Gasteiger partial charge is 0.461 e. The van der Waals surface area contributed by atoms with Crippen LogP contribution in [0, 0.1) is 34.5 Å². The van der Waals surface area contributed by atoms with Crippen LogP contribution in [0.1, 0.15) is 124 Å². The van der Waals surface area contributed by atoms with Gasteiger partial charge in [-0.1, -0.05) is 70.9 Å². The second-order valence-corrected chi connectivity index (χ2v) is 13.2. The molecular formula is C30H49ClO2. The van der Waals surface area contributed by atoms with Crippen LogP contribution in [0.4, 0.5) is 0 Å². The number of unbranched alkanes of at least 4 members (excludes halogenated alkanes) is 5. The summed E-state index contributed by atoms with van der Waals surface area (Å²) in [6.07, 6.45) is 22.7. The summed E-state index contributed by atoms with van der Waals surface area (Å²) in [5, 5.41) is -0.550. The Balaban J connectivity index is 1.38. The molecule has 3 saturated carbocycles. The number of halogens is 1. The SMILES string of the molecule is CCCCCCCCC1CCC2C3CC=C4C[C@@H](OC(=O)C(C)Cl)CC[C@]4(C)C3CC[C@]12C. The van der Waals surface area contributed by atoms with Crippen molar-refractivity contribution in [2.75, 3.05) is 0 Å². The molecule has 0 heterocycles. The van der Waals surface area contributed by atoms with Gasteiger partial charge >= 0.3 is 5.97 Å². The van der Waals surface area contributed by atoms with Gasteiger partial charge in [-0.15, -0.1) is 11.6 Å². The maximum absolute atomic E-state index is 12.0. The molecule has 3 fully saturated rings. The zero-order valence-corrected chi connectivity index (χ0v) is 22.6. The number of hydrogen-bond acceptors (Lipinski definition) is 2. The third-order valence-electron chi connectivity index (χ3n) is 10.8. The molecule has 5 unspecified atom stereocenters. The lowest BCUT2D eigenvalue weighted by Crippen LogP contribution is -2.50. The highest BCUT2D eigenvalue weighted by atomic mass is 35.5. The average molecular weight is 477 g/mol. The van der Waals surface area contributed by atoms with Crippen LogP contribution in [0.5, 0.6) is 0 Å². The number of alkyl halides is 1. The second-order valence-electron chi connectivity index (χ2n) is 12.6. The van der Waals surface area contributed by atoms with Crippen molar-refractivity contribution in [2.24, 2.45) is 34.5 Å². The molecular weight excluding hydrogens is 428 g/mol. The van der Waals surface area contributed by atoms with Crippen molar-refractivity contribution in [2.45, 2.75) is 135 Å². The van der Waals surface area contributed by atoms with Crippen molar-refractivity contribution < 1.29 is 9.53 Å². The highest BCUT2D eigenvalue weighted by Gasteiger charge is 2.58. The van der Waals surface area contributed by atoms with Crippen molar-refractivity contribution in [1.29, 1.82) is 0 Å². The van der Waals surface area contributed by atoms with Gasteiger partial charge in [-0.3, -0.25) is 4.79 Å². The van der Waals surface area contributed by atoms with Gasteiger partial charge in [0.1, 0.15) is 11.5 Å². The van der Waals surface area contributed by atoms with E-state index in [-0.39, 0.29) is 12.1 Å². The molecule has 0 amide bonds. The highest BCUT2D eigenvalue weighted by molar-refractivity contribution is 6.29. The van der Waals surface area contributed by atoms with E-state index >= 15 is 0 Å². The number of carbonyl (C=O) groups excluding carboxylic acids is 1. The van der Waals surface area contributed by atoms with Gasteiger partial charge in [-0.2, -0.15) is 0 Å². The fraction of sp³-hybridized carbons (Fsp3) is 0.900. The van der Waals surface area contributed by atoms with E-state index in [2.05, 4.69) is 26.8 Å². The second kappa shape index (κ2) is 10.6. The molecule has 4 aliphatic carbocycles. The summed E-state index contributed by atoms with van der Waals surface area (Å²) in [4.78, 5) is 12.0. The molecule has 0 aromatic rings. The van der Waals surface area contributed by atoms with Crippen LogP contribution in [0.15, 0.2) is 11.6 Å². The summed E-state index contributed by atoms with van der Waals surface area (Å²) >= 11 is 5.95. The Kier molecular flexibility index (Phi) is 8.24. The topological polar surface area (TPSA) is 26.3 Å². The molecule has 0 aromatic carbocycles. The molecule has 0 aromatic heterocycles. The molecule has 0 bridgehead atoms. The minimum Gasteiger partial charge on any atom is -0.461 e. The third kappa shape index (κ3) is 5.07. The molecule has 0 N–H and O–H groups in total. The number of rotatable bonds is 9. The molecule has 4 rings (SSSR count). The van der Waals surface area contributed by atoms with Crippen LogP contribution in [0.3, 0.4) is 0 Å². The number of hydrogen-bond donors (Lipinski definition) is 0. The first-order valence-electron chi connectivity index (χ1n) is 14.3. The van der Waals surface area contributed by atoms with Crippen LogP contribution < -0.4 is 0 Å². The number of ether oxygens (including phenoxy) is 1. The first-order valence-corrected chi connectivity index (χ1v) is 14.8. The maximum atomic E-state index is 12.0. The molecule has 4 aliphatic rings. The molecule has 0 spiro atoms. The lowest BCUT2D eigenvalue weighted by Gasteiger charge is -2.58. The predicted molar refractivity (Wildman–Crippen MR) is 138 cm³/mol. The Morgan fingerprint density at radius 1 is 1.06 bits per heavy atom. The van der Waals surface area contributed by atoms with Gasteiger partial charge in [0.15, 0.2) is 0 Å². The Morgan fingerprint density at radius 2 is 1.82 bits per heavy atom.